The van der Waals surface area contributed by atoms with E-state index in [9.17, 15) is 0 Å². The first-order valence-corrected chi connectivity index (χ1v) is 11.0. The smallest absolute Gasteiger partial charge is 0.177 e. The summed E-state index contributed by atoms with van der Waals surface area (Å²) in [6.45, 7) is 4.14. The average molecular weight is 389 g/mol. The Morgan fingerprint density at radius 2 is 1.93 bits per heavy atom. The monoisotopic (exact) mass is 388 g/mol. The standard InChI is InChI=1S/C24H28N4O/c1-27-21-9-5-11-25-24(21)26-23(27)14-28-12-18-19(13-28)20(18)15-29-22-10-4-7-16-6-2-3-8-17(16)22/h4-5,7,9-11,18-20H,2-3,6,8,12-15H2,1H3/t18-,19+,20?. The molecule has 1 aromatic carbocycles. The third-order valence-electron chi connectivity index (χ3n) is 7.35. The van der Waals surface area contributed by atoms with Gasteiger partial charge in [-0.1, -0.05) is 12.1 Å². The molecule has 3 aromatic rings. The van der Waals surface area contributed by atoms with Gasteiger partial charge in [0.05, 0.1) is 18.7 Å². The number of hydrogen-bond donors (Lipinski definition) is 0. The van der Waals surface area contributed by atoms with Gasteiger partial charge in [0.15, 0.2) is 5.65 Å². The molecule has 3 aliphatic rings. The van der Waals surface area contributed by atoms with Crippen LogP contribution in [0.25, 0.3) is 11.2 Å². The van der Waals surface area contributed by atoms with Crippen molar-refractivity contribution in [1.29, 1.82) is 0 Å². The fraction of sp³-hybridized carbons (Fsp3) is 0.500. The molecule has 150 valence electrons. The molecule has 0 radical (unpaired) electrons. The van der Waals surface area contributed by atoms with Crippen LogP contribution in [-0.2, 0) is 26.4 Å². The summed E-state index contributed by atoms with van der Waals surface area (Å²) in [5.74, 6) is 4.58. The summed E-state index contributed by atoms with van der Waals surface area (Å²) in [5.41, 5.74) is 4.95. The Labute approximate surface area is 171 Å². The number of piperidine rings is 1. The fourth-order valence-electron chi connectivity index (χ4n) is 5.59. The van der Waals surface area contributed by atoms with Crippen molar-refractivity contribution in [2.24, 2.45) is 24.8 Å². The van der Waals surface area contributed by atoms with Crippen LogP contribution in [0.2, 0.25) is 0 Å². The molecule has 3 atom stereocenters. The minimum absolute atomic E-state index is 0.729. The summed E-state index contributed by atoms with van der Waals surface area (Å²) in [6.07, 6.45) is 6.84. The van der Waals surface area contributed by atoms with Crippen LogP contribution < -0.4 is 4.74 Å². The molecular formula is C24H28N4O. The lowest BCUT2D eigenvalue weighted by atomic mass is 9.91. The fourth-order valence-corrected chi connectivity index (χ4v) is 5.59. The Bertz CT molecular complexity index is 1050. The summed E-state index contributed by atoms with van der Waals surface area (Å²) >= 11 is 0. The summed E-state index contributed by atoms with van der Waals surface area (Å²) < 4.78 is 8.52. The Hall–Kier alpha value is -2.40. The van der Waals surface area contributed by atoms with Gasteiger partial charge in [0.2, 0.25) is 0 Å². The number of pyridine rings is 1. The zero-order valence-corrected chi connectivity index (χ0v) is 17.1. The molecule has 1 saturated carbocycles. The van der Waals surface area contributed by atoms with Gasteiger partial charge in [0.25, 0.3) is 0 Å². The topological polar surface area (TPSA) is 43.2 Å². The molecule has 0 N–H and O–H groups in total. The van der Waals surface area contributed by atoms with Gasteiger partial charge in [-0.3, -0.25) is 4.90 Å². The molecule has 29 heavy (non-hydrogen) atoms. The molecule has 5 nitrogen and oxygen atoms in total. The maximum Gasteiger partial charge on any atom is 0.177 e. The molecular weight excluding hydrogens is 360 g/mol. The van der Waals surface area contributed by atoms with E-state index < -0.39 is 0 Å². The second-order valence-corrected chi connectivity index (χ2v) is 9.03. The number of ether oxygens (including phenoxy) is 1. The molecule has 6 rings (SSSR count). The van der Waals surface area contributed by atoms with E-state index in [0.29, 0.717) is 0 Å². The summed E-state index contributed by atoms with van der Waals surface area (Å²) in [5, 5.41) is 0. The largest absolute Gasteiger partial charge is 0.493 e. The molecule has 1 saturated heterocycles. The third-order valence-corrected chi connectivity index (χ3v) is 7.35. The molecule has 0 spiro atoms. The van der Waals surface area contributed by atoms with Gasteiger partial charge in [0, 0.05) is 32.3 Å². The zero-order valence-electron chi connectivity index (χ0n) is 17.1. The molecule has 2 aliphatic carbocycles. The Balaban J connectivity index is 1.06. The Morgan fingerprint density at radius 1 is 1.07 bits per heavy atom. The number of likely N-dealkylation sites (tertiary alicyclic amines) is 1. The van der Waals surface area contributed by atoms with Crippen LogP contribution >= 0.6 is 0 Å². The first kappa shape index (κ1) is 17.5. The van der Waals surface area contributed by atoms with Gasteiger partial charge >= 0.3 is 0 Å². The van der Waals surface area contributed by atoms with Crippen molar-refractivity contribution in [3.63, 3.8) is 0 Å². The van der Waals surface area contributed by atoms with Crippen molar-refractivity contribution >= 4 is 11.2 Å². The van der Waals surface area contributed by atoms with Crippen molar-refractivity contribution in [3.05, 3.63) is 53.5 Å². The second-order valence-electron chi connectivity index (χ2n) is 9.03. The van der Waals surface area contributed by atoms with Gasteiger partial charge in [0.1, 0.15) is 11.6 Å². The molecule has 1 unspecified atom stereocenters. The van der Waals surface area contributed by atoms with Crippen molar-refractivity contribution < 1.29 is 4.74 Å². The van der Waals surface area contributed by atoms with Crippen LogP contribution in [0.4, 0.5) is 0 Å². The van der Waals surface area contributed by atoms with Crippen LogP contribution in [0.1, 0.15) is 29.8 Å². The summed E-state index contributed by atoms with van der Waals surface area (Å²) in [7, 11) is 2.10. The highest BCUT2D eigenvalue weighted by Gasteiger charge is 2.55. The minimum atomic E-state index is 0.729. The van der Waals surface area contributed by atoms with Crippen molar-refractivity contribution in [2.45, 2.75) is 32.2 Å². The first-order chi connectivity index (χ1) is 14.3. The minimum Gasteiger partial charge on any atom is -0.493 e. The lowest BCUT2D eigenvalue weighted by Gasteiger charge is -2.21. The molecule has 1 aliphatic heterocycles. The van der Waals surface area contributed by atoms with Crippen LogP contribution in [0.5, 0.6) is 5.75 Å². The number of hydrogen-bond acceptors (Lipinski definition) is 4. The first-order valence-electron chi connectivity index (χ1n) is 11.0. The van der Waals surface area contributed by atoms with Crippen LogP contribution in [-0.4, -0.2) is 39.1 Å². The Kier molecular flexibility index (Phi) is 4.12. The molecule has 5 heteroatoms. The average Bonchev–Trinajstić information content (AvgIpc) is 3.06. The van der Waals surface area contributed by atoms with Gasteiger partial charge in [-0.2, -0.15) is 0 Å². The lowest BCUT2D eigenvalue weighted by Crippen LogP contribution is -2.26. The summed E-state index contributed by atoms with van der Waals surface area (Å²) in [4.78, 5) is 11.7. The van der Waals surface area contributed by atoms with E-state index >= 15 is 0 Å². The highest BCUT2D eigenvalue weighted by molar-refractivity contribution is 5.71. The predicted octanol–water partition coefficient (Wildman–Crippen LogP) is 3.60. The van der Waals surface area contributed by atoms with E-state index in [4.69, 9.17) is 9.72 Å². The van der Waals surface area contributed by atoms with E-state index in [0.717, 1.165) is 53.6 Å². The van der Waals surface area contributed by atoms with Gasteiger partial charge in [-0.15, -0.1) is 0 Å². The number of nitrogens with zero attached hydrogens (tertiary/aromatic N) is 4. The summed E-state index contributed by atoms with van der Waals surface area (Å²) in [6, 6.07) is 10.7. The van der Waals surface area contributed by atoms with Crippen molar-refractivity contribution in [2.75, 3.05) is 19.7 Å². The van der Waals surface area contributed by atoms with Crippen LogP contribution in [0.3, 0.4) is 0 Å². The highest BCUT2D eigenvalue weighted by atomic mass is 16.5. The van der Waals surface area contributed by atoms with E-state index in [2.05, 4.69) is 45.8 Å². The van der Waals surface area contributed by atoms with E-state index in [1.54, 1.807) is 0 Å². The predicted molar refractivity (Wildman–Crippen MR) is 113 cm³/mol. The van der Waals surface area contributed by atoms with Crippen molar-refractivity contribution in [1.82, 2.24) is 19.4 Å². The van der Waals surface area contributed by atoms with Gasteiger partial charge < -0.3 is 9.30 Å². The maximum atomic E-state index is 6.33. The molecule has 3 heterocycles. The van der Waals surface area contributed by atoms with Gasteiger partial charge in [-0.25, -0.2) is 9.97 Å². The van der Waals surface area contributed by atoms with Gasteiger partial charge in [-0.05, 0) is 66.8 Å². The number of aromatic nitrogens is 3. The lowest BCUT2D eigenvalue weighted by molar-refractivity contribution is 0.225. The maximum absolute atomic E-state index is 6.33. The number of fused-ring (bicyclic) bond motifs is 3. The van der Waals surface area contributed by atoms with Crippen LogP contribution in [0, 0.1) is 17.8 Å². The quantitative estimate of drug-likeness (QED) is 0.670. The molecule has 2 fully saturated rings. The van der Waals surface area contributed by atoms with E-state index in [1.807, 2.05) is 12.3 Å². The SMILES string of the molecule is Cn1c(CN2C[C@@H]3C(COc4cccc5c4CCCC5)[C@@H]3C2)nc2ncccc21. The normalized spacial score (nSPS) is 25.8. The zero-order chi connectivity index (χ0) is 19.4. The second kappa shape index (κ2) is 6.84. The van der Waals surface area contributed by atoms with E-state index in [1.165, 1.54) is 49.9 Å². The molecule has 0 amide bonds. The Morgan fingerprint density at radius 3 is 2.79 bits per heavy atom. The highest BCUT2D eigenvalue weighted by Crippen LogP contribution is 2.52. The molecule has 0 bridgehead atoms. The molecule has 2 aromatic heterocycles. The van der Waals surface area contributed by atoms with E-state index in [-0.39, 0.29) is 0 Å². The van der Waals surface area contributed by atoms with Crippen molar-refractivity contribution in [3.8, 4) is 5.75 Å². The third kappa shape index (κ3) is 3.03. The van der Waals surface area contributed by atoms with Crippen LogP contribution in [0.15, 0.2) is 36.5 Å². The number of rotatable bonds is 5. The number of imidazole rings is 1. The number of benzene rings is 1. The number of aryl methyl sites for hydroxylation is 2.